The zero-order valence-electron chi connectivity index (χ0n) is 19.0. The maximum atomic E-state index is 13.8. The molecule has 3 aromatic rings. The van der Waals surface area contributed by atoms with E-state index in [4.69, 9.17) is 4.42 Å². The number of aryl methyl sites for hydroxylation is 1. The molecule has 1 aliphatic carbocycles. The topological polar surface area (TPSA) is 48.7 Å². The van der Waals surface area contributed by atoms with E-state index in [0.29, 0.717) is 5.76 Å². The molecule has 2 aliphatic rings. The van der Waals surface area contributed by atoms with Crippen molar-refractivity contribution >= 4 is 22.2 Å². The van der Waals surface area contributed by atoms with Gasteiger partial charge in [-0.05, 0) is 67.6 Å². The Hall–Kier alpha value is -2.48. The number of nitrogens with one attached hydrogen (secondary N) is 1. The number of hydrogen-bond acceptors (Lipinski definition) is 5. The molecule has 2 aromatic heterocycles. The number of likely N-dealkylation sites (N-methyl/N-ethyl adjacent to an activating group) is 1. The minimum Gasteiger partial charge on any atom is -0.459 e. The molecule has 1 N–H and O–H groups in total. The lowest BCUT2D eigenvalue weighted by molar-refractivity contribution is 0.0995. The number of rotatable bonds is 6. The third kappa shape index (κ3) is 4.63. The van der Waals surface area contributed by atoms with Crippen molar-refractivity contribution in [2.75, 3.05) is 38.0 Å². The van der Waals surface area contributed by atoms with Gasteiger partial charge in [-0.1, -0.05) is 19.1 Å². The molecule has 0 spiro atoms. The number of halogens is 1. The Kier molecular flexibility index (Phi) is 6.62. The number of anilines is 1. The number of hydrogen-bond donors (Lipinski definition) is 1. The van der Waals surface area contributed by atoms with E-state index in [-0.39, 0.29) is 17.8 Å². The van der Waals surface area contributed by atoms with Crippen molar-refractivity contribution in [2.45, 2.75) is 38.6 Å². The summed E-state index contributed by atoms with van der Waals surface area (Å²) in [5, 5.41) is 4.06. The molecule has 5 rings (SSSR count). The maximum Gasteiger partial charge on any atom is 0.291 e. The van der Waals surface area contributed by atoms with E-state index in [1.165, 1.54) is 28.7 Å². The lowest BCUT2D eigenvalue weighted by atomic mass is 9.88. The first-order chi connectivity index (χ1) is 16.1. The number of carbonyl (C=O) groups excluding carboxylic acids is 1. The van der Waals surface area contributed by atoms with Gasteiger partial charge in [-0.15, -0.1) is 11.3 Å². The van der Waals surface area contributed by atoms with Crippen LogP contribution in [0.4, 0.5) is 9.39 Å². The summed E-state index contributed by atoms with van der Waals surface area (Å²) in [6.45, 7) is 7.14. The molecule has 0 saturated carbocycles. The quantitative estimate of drug-likeness (QED) is 0.532. The fourth-order valence-corrected chi connectivity index (χ4v) is 6.40. The van der Waals surface area contributed by atoms with Gasteiger partial charge < -0.3 is 14.6 Å². The highest BCUT2D eigenvalue weighted by molar-refractivity contribution is 7.16. The Morgan fingerprint density at radius 3 is 2.58 bits per heavy atom. The minimum absolute atomic E-state index is 0.0189. The number of benzene rings is 1. The van der Waals surface area contributed by atoms with Crippen LogP contribution < -0.4 is 5.32 Å². The number of carbonyl (C=O) groups is 1. The van der Waals surface area contributed by atoms with E-state index in [2.05, 4.69) is 22.0 Å². The maximum absolute atomic E-state index is 13.8. The van der Waals surface area contributed by atoms with Crippen LogP contribution in [0.5, 0.6) is 0 Å². The summed E-state index contributed by atoms with van der Waals surface area (Å²) in [5.41, 5.74) is 3.63. The lowest BCUT2D eigenvalue weighted by Gasteiger charge is -2.40. The second-order valence-corrected chi connectivity index (χ2v) is 9.91. The van der Waals surface area contributed by atoms with Crippen molar-refractivity contribution in [2.24, 2.45) is 0 Å². The number of nitrogens with zero attached hydrogens (tertiary/aromatic N) is 2. The number of furan rings is 1. The van der Waals surface area contributed by atoms with Crippen LogP contribution >= 0.6 is 11.3 Å². The van der Waals surface area contributed by atoms with Gasteiger partial charge in [0.2, 0.25) is 0 Å². The molecular weight excluding hydrogens is 437 g/mol. The van der Waals surface area contributed by atoms with Crippen molar-refractivity contribution in [3.8, 4) is 0 Å². The van der Waals surface area contributed by atoms with E-state index >= 15 is 0 Å². The first-order valence-electron chi connectivity index (χ1n) is 11.8. The smallest absolute Gasteiger partial charge is 0.291 e. The predicted octanol–water partition coefficient (Wildman–Crippen LogP) is 5.34. The second-order valence-electron chi connectivity index (χ2n) is 8.81. The average molecular weight is 468 g/mol. The Morgan fingerprint density at radius 1 is 1.12 bits per heavy atom. The second kappa shape index (κ2) is 9.79. The van der Waals surface area contributed by atoms with Crippen LogP contribution in [0.3, 0.4) is 0 Å². The van der Waals surface area contributed by atoms with Crippen molar-refractivity contribution in [1.29, 1.82) is 0 Å². The zero-order chi connectivity index (χ0) is 22.8. The largest absolute Gasteiger partial charge is 0.459 e. The molecule has 5 nitrogen and oxygen atoms in total. The summed E-state index contributed by atoms with van der Waals surface area (Å²) in [6, 6.07) is 10.3. The van der Waals surface area contributed by atoms with Crippen LogP contribution in [-0.2, 0) is 12.8 Å². The highest BCUT2D eigenvalue weighted by Gasteiger charge is 2.33. The molecule has 174 valence electrons. The molecule has 3 heterocycles. The van der Waals surface area contributed by atoms with Crippen LogP contribution in [0.15, 0.2) is 47.1 Å². The molecule has 1 atom stereocenters. The zero-order valence-corrected chi connectivity index (χ0v) is 19.8. The van der Waals surface area contributed by atoms with Crippen molar-refractivity contribution in [1.82, 2.24) is 9.80 Å². The van der Waals surface area contributed by atoms with Gasteiger partial charge in [0.05, 0.1) is 12.3 Å². The van der Waals surface area contributed by atoms with Crippen molar-refractivity contribution in [3.05, 3.63) is 75.8 Å². The van der Waals surface area contributed by atoms with Crippen molar-refractivity contribution < 1.29 is 13.6 Å². The summed E-state index contributed by atoms with van der Waals surface area (Å²) in [7, 11) is 0. The van der Waals surface area contributed by atoms with Crippen LogP contribution in [0, 0.1) is 5.82 Å². The Bertz CT molecular complexity index is 1090. The van der Waals surface area contributed by atoms with Crippen LogP contribution in [0.25, 0.3) is 0 Å². The standard InChI is InChI=1S/C26H30FN3O2S/c1-2-29-13-15-30(16-14-29)24(18-9-11-19(27)12-10-18)23-20-6-3-4-8-22(20)33-26(23)28-25(31)21-7-5-17-32-21/h5,7,9-12,17,24H,2-4,6,8,13-16H2,1H3,(H,28,31)/t24-/m0/s1. The van der Waals surface area contributed by atoms with Gasteiger partial charge in [0.15, 0.2) is 5.76 Å². The monoisotopic (exact) mass is 467 g/mol. The normalized spacial score (nSPS) is 18.1. The Morgan fingerprint density at radius 2 is 1.88 bits per heavy atom. The Balaban J connectivity index is 1.58. The molecule has 1 aromatic carbocycles. The minimum atomic E-state index is -0.230. The van der Waals surface area contributed by atoms with E-state index in [1.54, 1.807) is 35.6 Å². The molecule has 33 heavy (non-hydrogen) atoms. The number of amides is 1. The van der Waals surface area contributed by atoms with Crippen LogP contribution in [0.2, 0.25) is 0 Å². The number of piperazine rings is 1. The summed E-state index contributed by atoms with van der Waals surface area (Å²) >= 11 is 1.70. The molecule has 7 heteroatoms. The lowest BCUT2D eigenvalue weighted by Crippen LogP contribution is -2.47. The summed E-state index contributed by atoms with van der Waals surface area (Å²) < 4.78 is 19.2. The predicted molar refractivity (Wildman–Crippen MR) is 130 cm³/mol. The van der Waals surface area contributed by atoms with E-state index < -0.39 is 0 Å². The van der Waals surface area contributed by atoms with Crippen LogP contribution in [-0.4, -0.2) is 48.4 Å². The number of fused-ring (bicyclic) bond motifs is 1. The molecule has 1 aliphatic heterocycles. The van der Waals surface area contributed by atoms with Crippen molar-refractivity contribution in [3.63, 3.8) is 0 Å². The van der Waals surface area contributed by atoms with E-state index in [9.17, 15) is 9.18 Å². The van der Waals surface area contributed by atoms with E-state index in [0.717, 1.165) is 62.6 Å². The number of thiophene rings is 1. The highest BCUT2D eigenvalue weighted by atomic mass is 32.1. The van der Waals surface area contributed by atoms with Gasteiger partial charge in [-0.25, -0.2) is 4.39 Å². The average Bonchev–Trinajstić information content (AvgIpc) is 3.50. The third-order valence-corrected chi connectivity index (χ3v) is 8.09. The fraction of sp³-hybridized carbons (Fsp3) is 0.423. The van der Waals surface area contributed by atoms with E-state index in [1.807, 2.05) is 12.1 Å². The van der Waals surface area contributed by atoms with Crippen LogP contribution in [0.1, 0.15) is 57.9 Å². The highest BCUT2D eigenvalue weighted by Crippen LogP contribution is 2.45. The van der Waals surface area contributed by atoms with Gasteiger partial charge in [0.1, 0.15) is 10.8 Å². The molecule has 1 fully saturated rings. The summed E-state index contributed by atoms with van der Waals surface area (Å²) in [4.78, 5) is 19.3. The fourth-order valence-electron chi connectivity index (χ4n) is 5.09. The molecular formula is C26H30FN3O2S. The molecule has 1 amide bonds. The Labute approximate surface area is 198 Å². The summed E-state index contributed by atoms with van der Waals surface area (Å²) in [5.74, 6) is -0.150. The van der Waals surface area contributed by atoms with Gasteiger partial charge in [0, 0.05) is 36.6 Å². The SMILES string of the molecule is CCN1CCN([C@@H](c2ccc(F)cc2)c2c(NC(=O)c3ccco3)sc3c2CCCC3)CC1. The van der Waals surface area contributed by atoms with Gasteiger partial charge in [-0.3, -0.25) is 9.69 Å². The van der Waals surface area contributed by atoms with Gasteiger partial charge >= 0.3 is 0 Å². The molecule has 0 bridgehead atoms. The molecule has 0 unspecified atom stereocenters. The first-order valence-corrected chi connectivity index (χ1v) is 12.7. The third-order valence-electron chi connectivity index (χ3n) is 6.86. The van der Waals surface area contributed by atoms with Gasteiger partial charge in [0.25, 0.3) is 5.91 Å². The molecule has 1 saturated heterocycles. The first kappa shape index (κ1) is 22.3. The summed E-state index contributed by atoms with van der Waals surface area (Å²) in [6.07, 6.45) is 5.91. The van der Waals surface area contributed by atoms with Gasteiger partial charge in [-0.2, -0.15) is 0 Å². The molecule has 0 radical (unpaired) electrons.